The lowest BCUT2D eigenvalue weighted by Gasteiger charge is -2.30. The minimum Gasteiger partial charge on any atom is -0.356 e. The summed E-state index contributed by atoms with van der Waals surface area (Å²) < 4.78 is 25.3. The molecule has 0 spiro atoms. The van der Waals surface area contributed by atoms with Crippen LogP contribution in [0.4, 0.5) is 0 Å². The van der Waals surface area contributed by atoms with Gasteiger partial charge in [0.15, 0.2) is 0 Å². The Morgan fingerprint density at radius 2 is 1.84 bits per heavy atom. The monoisotopic (exact) mass is 290 g/mol. The third kappa shape index (κ3) is 5.10. The van der Waals surface area contributed by atoms with E-state index in [0.29, 0.717) is 32.4 Å². The molecule has 0 radical (unpaired) electrons. The standard InChI is InChI=1S/C13H26N2O3S/c1-3-5-8-14-13(16)12-6-9-15(10-7-12)19(17,18)11-4-2/h12H,3-11H2,1-2H3,(H,14,16). The van der Waals surface area contributed by atoms with E-state index >= 15 is 0 Å². The van der Waals surface area contributed by atoms with Crippen LogP contribution < -0.4 is 5.32 Å². The third-order valence-electron chi connectivity index (χ3n) is 3.51. The molecule has 1 heterocycles. The number of carbonyl (C=O) groups excluding carboxylic acids is 1. The van der Waals surface area contributed by atoms with E-state index in [1.807, 2.05) is 6.92 Å². The lowest BCUT2D eigenvalue weighted by atomic mass is 9.97. The van der Waals surface area contributed by atoms with E-state index in [-0.39, 0.29) is 17.6 Å². The summed E-state index contributed by atoms with van der Waals surface area (Å²) >= 11 is 0. The van der Waals surface area contributed by atoms with Gasteiger partial charge in [0.25, 0.3) is 0 Å². The van der Waals surface area contributed by atoms with Gasteiger partial charge in [0.1, 0.15) is 0 Å². The maximum atomic E-state index is 11.9. The van der Waals surface area contributed by atoms with Crippen molar-refractivity contribution in [3.05, 3.63) is 0 Å². The number of unbranched alkanes of at least 4 members (excludes halogenated alkanes) is 1. The van der Waals surface area contributed by atoms with Crippen LogP contribution in [0.2, 0.25) is 0 Å². The summed E-state index contributed by atoms with van der Waals surface area (Å²) in [4.78, 5) is 11.9. The number of hydrogen-bond donors (Lipinski definition) is 1. The smallest absolute Gasteiger partial charge is 0.223 e. The molecular formula is C13H26N2O3S. The number of piperidine rings is 1. The van der Waals surface area contributed by atoms with Crippen molar-refractivity contribution >= 4 is 15.9 Å². The molecule has 6 heteroatoms. The van der Waals surface area contributed by atoms with Gasteiger partial charge in [-0.05, 0) is 25.7 Å². The van der Waals surface area contributed by atoms with E-state index in [1.165, 1.54) is 4.31 Å². The summed E-state index contributed by atoms with van der Waals surface area (Å²) in [6.45, 7) is 5.64. The minimum absolute atomic E-state index is 0.0232. The quantitative estimate of drug-likeness (QED) is 0.720. The lowest BCUT2D eigenvalue weighted by molar-refractivity contribution is -0.126. The average molecular weight is 290 g/mol. The topological polar surface area (TPSA) is 66.5 Å². The van der Waals surface area contributed by atoms with Crippen LogP contribution in [0.15, 0.2) is 0 Å². The van der Waals surface area contributed by atoms with Crippen LogP contribution in [0.5, 0.6) is 0 Å². The Morgan fingerprint density at radius 3 is 2.37 bits per heavy atom. The number of carbonyl (C=O) groups is 1. The molecule has 1 N–H and O–H groups in total. The molecule has 112 valence electrons. The Kier molecular flexibility index (Phi) is 6.79. The van der Waals surface area contributed by atoms with Gasteiger partial charge >= 0.3 is 0 Å². The molecule has 0 atom stereocenters. The molecule has 1 amide bonds. The second-order valence-corrected chi connectivity index (χ2v) is 7.22. The average Bonchev–Trinajstić information content (AvgIpc) is 2.39. The van der Waals surface area contributed by atoms with Crippen molar-refractivity contribution in [1.29, 1.82) is 0 Å². The maximum absolute atomic E-state index is 11.9. The number of amides is 1. The lowest BCUT2D eigenvalue weighted by Crippen LogP contribution is -2.43. The van der Waals surface area contributed by atoms with Crippen LogP contribution in [-0.4, -0.2) is 44.0 Å². The fourth-order valence-electron chi connectivity index (χ4n) is 2.32. The van der Waals surface area contributed by atoms with E-state index in [0.717, 1.165) is 19.4 Å². The molecule has 0 aliphatic carbocycles. The molecule has 0 aromatic rings. The number of nitrogens with one attached hydrogen (secondary N) is 1. The van der Waals surface area contributed by atoms with Gasteiger partial charge in [0.2, 0.25) is 15.9 Å². The first-order valence-corrected chi connectivity index (χ1v) is 8.87. The molecule has 0 aromatic carbocycles. The first-order chi connectivity index (χ1) is 9.01. The van der Waals surface area contributed by atoms with Gasteiger partial charge in [-0.2, -0.15) is 0 Å². The highest BCUT2D eigenvalue weighted by atomic mass is 32.2. The number of nitrogens with zero attached hydrogens (tertiary/aromatic N) is 1. The van der Waals surface area contributed by atoms with Crippen molar-refractivity contribution in [2.75, 3.05) is 25.4 Å². The van der Waals surface area contributed by atoms with Gasteiger partial charge in [-0.25, -0.2) is 12.7 Å². The summed E-state index contributed by atoms with van der Waals surface area (Å²) in [5, 5.41) is 2.93. The van der Waals surface area contributed by atoms with E-state index in [9.17, 15) is 13.2 Å². The molecule has 0 bridgehead atoms. The van der Waals surface area contributed by atoms with Gasteiger partial charge < -0.3 is 5.32 Å². The van der Waals surface area contributed by atoms with Crippen LogP contribution in [0.1, 0.15) is 46.0 Å². The number of hydrogen-bond acceptors (Lipinski definition) is 3. The first-order valence-electron chi connectivity index (χ1n) is 7.26. The highest BCUT2D eigenvalue weighted by Gasteiger charge is 2.30. The first kappa shape index (κ1) is 16.4. The predicted molar refractivity (Wildman–Crippen MR) is 76.3 cm³/mol. The summed E-state index contributed by atoms with van der Waals surface area (Å²) in [6, 6.07) is 0. The molecule has 0 saturated carbocycles. The van der Waals surface area contributed by atoms with Gasteiger partial charge in [0.05, 0.1) is 5.75 Å². The van der Waals surface area contributed by atoms with Crippen molar-refractivity contribution in [2.45, 2.75) is 46.0 Å². The van der Waals surface area contributed by atoms with Crippen LogP contribution in [0, 0.1) is 5.92 Å². The molecule has 5 nitrogen and oxygen atoms in total. The van der Waals surface area contributed by atoms with Crippen molar-refractivity contribution < 1.29 is 13.2 Å². The molecule has 19 heavy (non-hydrogen) atoms. The molecule has 1 fully saturated rings. The highest BCUT2D eigenvalue weighted by molar-refractivity contribution is 7.89. The number of rotatable bonds is 7. The van der Waals surface area contributed by atoms with Crippen LogP contribution in [-0.2, 0) is 14.8 Å². The molecular weight excluding hydrogens is 264 g/mol. The summed E-state index contributed by atoms with van der Waals surface area (Å²) in [6.07, 6.45) is 3.98. The van der Waals surface area contributed by atoms with E-state index in [4.69, 9.17) is 0 Å². The van der Waals surface area contributed by atoms with Crippen molar-refractivity contribution in [2.24, 2.45) is 5.92 Å². The second kappa shape index (κ2) is 7.85. The van der Waals surface area contributed by atoms with Crippen molar-refractivity contribution in [1.82, 2.24) is 9.62 Å². The zero-order valence-electron chi connectivity index (χ0n) is 12.0. The van der Waals surface area contributed by atoms with Gasteiger partial charge in [-0.3, -0.25) is 4.79 Å². The Balaban J connectivity index is 2.38. The highest BCUT2D eigenvalue weighted by Crippen LogP contribution is 2.20. The third-order valence-corrected chi connectivity index (χ3v) is 5.59. The van der Waals surface area contributed by atoms with Crippen LogP contribution in [0.25, 0.3) is 0 Å². The Labute approximate surface area is 116 Å². The summed E-state index contributed by atoms with van der Waals surface area (Å²) in [5.41, 5.74) is 0. The van der Waals surface area contributed by atoms with E-state index in [2.05, 4.69) is 12.2 Å². The zero-order valence-corrected chi connectivity index (χ0v) is 12.8. The van der Waals surface area contributed by atoms with Crippen LogP contribution >= 0.6 is 0 Å². The second-order valence-electron chi connectivity index (χ2n) is 5.13. The largest absolute Gasteiger partial charge is 0.356 e. The normalized spacial score (nSPS) is 18.4. The molecule has 0 aromatic heterocycles. The molecule has 1 rings (SSSR count). The van der Waals surface area contributed by atoms with Crippen molar-refractivity contribution in [3.8, 4) is 0 Å². The van der Waals surface area contributed by atoms with Crippen LogP contribution in [0.3, 0.4) is 0 Å². The fraction of sp³-hybridized carbons (Fsp3) is 0.923. The van der Waals surface area contributed by atoms with Gasteiger partial charge in [0, 0.05) is 25.6 Å². The van der Waals surface area contributed by atoms with Gasteiger partial charge in [-0.1, -0.05) is 20.3 Å². The van der Waals surface area contributed by atoms with E-state index in [1.54, 1.807) is 0 Å². The Hall–Kier alpha value is -0.620. The predicted octanol–water partition coefficient (Wildman–Crippen LogP) is 1.35. The molecule has 1 aliphatic rings. The van der Waals surface area contributed by atoms with E-state index < -0.39 is 10.0 Å². The SMILES string of the molecule is CCCCNC(=O)C1CCN(S(=O)(=O)CCC)CC1. The fourth-order valence-corrected chi connectivity index (χ4v) is 3.86. The Morgan fingerprint density at radius 1 is 1.21 bits per heavy atom. The number of sulfonamides is 1. The maximum Gasteiger partial charge on any atom is 0.223 e. The molecule has 1 aliphatic heterocycles. The molecule has 0 unspecified atom stereocenters. The van der Waals surface area contributed by atoms with Crippen molar-refractivity contribution in [3.63, 3.8) is 0 Å². The summed E-state index contributed by atoms with van der Waals surface area (Å²) in [7, 11) is -3.10. The molecule has 1 saturated heterocycles. The summed E-state index contributed by atoms with van der Waals surface area (Å²) in [5.74, 6) is 0.270. The van der Waals surface area contributed by atoms with Gasteiger partial charge in [-0.15, -0.1) is 0 Å². The minimum atomic E-state index is -3.10. The Bertz CT molecular complexity index is 373. The zero-order chi connectivity index (χ0) is 14.3.